The van der Waals surface area contributed by atoms with Gasteiger partial charge in [0, 0.05) is 5.56 Å². The number of nitrogens with zero attached hydrogens (tertiary/aromatic N) is 2. The highest BCUT2D eigenvalue weighted by atomic mass is 32.1. The number of aryl methyl sites for hydroxylation is 1. The molecular formula is C18H19N3O4S. The van der Waals surface area contributed by atoms with Crippen molar-refractivity contribution in [3.63, 3.8) is 0 Å². The zero-order valence-electron chi connectivity index (χ0n) is 14.7. The first-order chi connectivity index (χ1) is 12.6. The number of hydrogen-bond acceptors (Lipinski definition) is 7. The van der Waals surface area contributed by atoms with Crippen LogP contribution in [-0.4, -0.2) is 29.3 Å². The van der Waals surface area contributed by atoms with Crippen molar-refractivity contribution in [2.45, 2.75) is 20.8 Å². The summed E-state index contributed by atoms with van der Waals surface area (Å²) in [6.45, 7) is 6.53. The van der Waals surface area contributed by atoms with Crippen LogP contribution in [0.1, 0.15) is 30.0 Å². The number of nitrogens with one attached hydrogen (secondary N) is 1. The Hall–Kier alpha value is -2.87. The summed E-state index contributed by atoms with van der Waals surface area (Å²) in [5.41, 5.74) is 1.09. The lowest BCUT2D eigenvalue weighted by atomic mass is 10.2. The molecule has 1 aromatic carbocycles. The molecule has 0 saturated heterocycles. The predicted molar refractivity (Wildman–Crippen MR) is 99.1 cm³/mol. The largest absolute Gasteiger partial charge is 0.490 e. The first-order valence-electron chi connectivity index (χ1n) is 8.21. The van der Waals surface area contributed by atoms with E-state index in [9.17, 15) is 4.79 Å². The Kier molecular flexibility index (Phi) is 5.52. The minimum absolute atomic E-state index is 0.259. The van der Waals surface area contributed by atoms with E-state index >= 15 is 0 Å². The second-order valence-electron chi connectivity index (χ2n) is 5.29. The standard InChI is InChI=1S/C18H19N3O4S/c1-4-23-14-7-6-12(10-15(14)24-5-2)17(22)20-13-8-9-26-16(13)18-19-11(3)21-25-18/h6-10H,4-5H2,1-3H3,(H,20,22). The fraction of sp³-hybridized carbons (Fsp3) is 0.278. The molecule has 7 nitrogen and oxygen atoms in total. The number of thiophene rings is 1. The van der Waals surface area contributed by atoms with Gasteiger partial charge in [-0.05, 0) is 50.4 Å². The summed E-state index contributed by atoms with van der Waals surface area (Å²) in [7, 11) is 0. The van der Waals surface area contributed by atoms with Gasteiger partial charge < -0.3 is 19.3 Å². The Labute approximate surface area is 154 Å². The van der Waals surface area contributed by atoms with E-state index in [-0.39, 0.29) is 5.91 Å². The smallest absolute Gasteiger partial charge is 0.270 e. The van der Waals surface area contributed by atoms with E-state index in [4.69, 9.17) is 14.0 Å². The summed E-state index contributed by atoms with van der Waals surface area (Å²) in [6, 6.07) is 6.91. The van der Waals surface area contributed by atoms with Gasteiger partial charge in [-0.25, -0.2) is 0 Å². The van der Waals surface area contributed by atoms with Gasteiger partial charge in [0.2, 0.25) is 0 Å². The van der Waals surface area contributed by atoms with E-state index in [1.165, 1.54) is 11.3 Å². The van der Waals surface area contributed by atoms with Gasteiger partial charge in [0.25, 0.3) is 11.8 Å². The number of hydrogen-bond donors (Lipinski definition) is 1. The van der Waals surface area contributed by atoms with Crippen molar-refractivity contribution in [1.29, 1.82) is 0 Å². The van der Waals surface area contributed by atoms with Gasteiger partial charge in [-0.15, -0.1) is 11.3 Å². The van der Waals surface area contributed by atoms with Crippen LogP contribution in [0, 0.1) is 6.92 Å². The Morgan fingerprint density at radius 3 is 2.65 bits per heavy atom. The quantitative estimate of drug-likeness (QED) is 0.669. The van der Waals surface area contributed by atoms with Crippen LogP contribution in [0.25, 0.3) is 10.8 Å². The molecule has 3 aromatic rings. The molecule has 0 unspecified atom stereocenters. The highest BCUT2D eigenvalue weighted by molar-refractivity contribution is 7.14. The molecule has 2 heterocycles. The number of benzene rings is 1. The molecule has 1 N–H and O–H groups in total. The van der Waals surface area contributed by atoms with Gasteiger partial charge in [-0.2, -0.15) is 4.98 Å². The first kappa shape index (κ1) is 17.9. The summed E-state index contributed by atoms with van der Waals surface area (Å²) in [4.78, 5) is 17.6. The number of rotatable bonds is 7. The van der Waals surface area contributed by atoms with Crippen molar-refractivity contribution in [2.75, 3.05) is 18.5 Å². The van der Waals surface area contributed by atoms with Crippen molar-refractivity contribution in [3.05, 3.63) is 41.0 Å². The maximum atomic E-state index is 12.7. The second-order valence-corrected chi connectivity index (χ2v) is 6.21. The van der Waals surface area contributed by atoms with Crippen LogP contribution in [0.5, 0.6) is 11.5 Å². The van der Waals surface area contributed by atoms with Crippen LogP contribution in [0.4, 0.5) is 5.69 Å². The maximum absolute atomic E-state index is 12.7. The predicted octanol–water partition coefficient (Wildman–Crippen LogP) is 4.16. The van der Waals surface area contributed by atoms with Gasteiger partial charge >= 0.3 is 0 Å². The molecule has 0 saturated carbocycles. The van der Waals surface area contributed by atoms with Gasteiger partial charge in [0.1, 0.15) is 4.88 Å². The molecule has 0 atom stereocenters. The summed E-state index contributed by atoms with van der Waals surface area (Å²) < 4.78 is 16.3. The molecule has 0 bridgehead atoms. The van der Waals surface area contributed by atoms with Gasteiger partial charge in [-0.1, -0.05) is 5.16 Å². The third-order valence-corrected chi connectivity index (χ3v) is 4.34. The number of aromatic nitrogens is 2. The summed E-state index contributed by atoms with van der Waals surface area (Å²) in [6.07, 6.45) is 0. The van der Waals surface area contributed by atoms with E-state index in [0.29, 0.717) is 47.7 Å². The minimum Gasteiger partial charge on any atom is -0.490 e. The molecule has 0 radical (unpaired) electrons. The van der Waals surface area contributed by atoms with Gasteiger partial charge in [0.05, 0.1) is 18.9 Å². The average Bonchev–Trinajstić information content (AvgIpc) is 3.25. The zero-order chi connectivity index (χ0) is 18.5. The molecule has 1 amide bonds. The number of amides is 1. The van der Waals surface area contributed by atoms with Crippen LogP contribution >= 0.6 is 11.3 Å². The lowest BCUT2D eigenvalue weighted by molar-refractivity contribution is 0.102. The summed E-state index contributed by atoms with van der Waals surface area (Å²) in [5, 5.41) is 8.53. The third-order valence-electron chi connectivity index (χ3n) is 3.44. The maximum Gasteiger partial charge on any atom is 0.270 e. The van der Waals surface area contributed by atoms with Crippen molar-refractivity contribution in [1.82, 2.24) is 10.1 Å². The molecule has 0 aliphatic heterocycles. The number of carbonyl (C=O) groups is 1. The molecule has 8 heteroatoms. The van der Waals surface area contributed by atoms with Crippen molar-refractivity contribution in [2.24, 2.45) is 0 Å². The number of carbonyl (C=O) groups excluding carboxylic acids is 1. The van der Waals surface area contributed by atoms with Crippen molar-refractivity contribution >= 4 is 22.9 Å². The Bertz CT molecular complexity index is 903. The van der Waals surface area contributed by atoms with Crippen LogP contribution in [0.3, 0.4) is 0 Å². The number of ether oxygens (including phenoxy) is 2. The van der Waals surface area contributed by atoms with E-state index in [0.717, 1.165) is 4.88 Å². The second kappa shape index (κ2) is 8.01. The zero-order valence-corrected chi connectivity index (χ0v) is 15.6. The van der Waals surface area contributed by atoms with Crippen LogP contribution < -0.4 is 14.8 Å². The van der Waals surface area contributed by atoms with E-state index in [1.54, 1.807) is 31.2 Å². The molecular weight excluding hydrogens is 354 g/mol. The fourth-order valence-electron chi connectivity index (χ4n) is 2.35. The van der Waals surface area contributed by atoms with Gasteiger partial charge in [0.15, 0.2) is 17.3 Å². The third kappa shape index (κ3) is 3.85. The van der Waals surface area contributed by atoms with Crippen LogP contribution in [-0.2, 0) is 0 Å². The van der Waals surface area contributed by atoms with Gasteiger partial charge in [-0.3, -0.25) is 4.79 Å². The molecule has 136 valence electrons. The number of anilines is 1. The van der Waals surface area contributed by atoms with Crippen LogP contribution in [0.15, 0.2) is 34.2 Å². The van der Waals surface area contributed by atoms with Crippen molar-refractivity contribution < 1.29 is 18.8 Å². The van der Waals surface area contributed by atoms with Crippen molar-refractivity contribution in [3.8, 4) is 22.3 Å². The molecule has 0 aliphatic rings. The molecule has 0 fully saturated rings. The first-order valence-corrected chi connectivity index (χ1v) is 9.09. The van der Waals surface area contributed by atoms with E-state index in [2.05, 4.69) is 15.5 Å². The Balaban J connectivity index is 1.83. The SMILES string of the molecule is CCOc1ccc(C(=O)Nc2ccsc2-c2nc(C)no2)cc1OCC. The monoisotopic (exact) mass is 373 g/mol. The minimum atomic E-state index is -0.259. The Morgan fingerprint density at radius 1 is 1.19 bits per heavy atom. The summed E-state index contributed by atoms with van der Waals surface area (Å²) in [5.74, 6) is 1.82. The fourth-order valence-corrected chi connectivity index (χ4v) is 3.12. The highest BCUT2D eigenvalue weighted by Crippen LogP contribution is 2.33. The van der Waals surface area contributed by atoms with Crippen LogP contribution in [0.2, 0.25) is 0 Å². The van der Waals surface area contributed by atoms with E-state index in [1.807, 2.05) is 19.2 Å². The molecule has 26 heavy (non-hydrogen) atoms. The lowest BCUT2D eigenvalue weighted by Gasteiger charge is -2.12. The normalized spacial score (nSPS) is 10.6. The molecule has 2 aromatic heterocycles. The highest BCUT2D eigenvalue weighted by Gasteiger charge is 2.17. The molecule has 0 spiro atoms. The lowest BCUT2D eigenvalue weighted by Crippen LogP contribution is -2.12. The topological polar surface area (TPSA) is 86.5 Å². The average molecular weight is 373 g/mol. The summed E-state index contributed by atoms with van der Waals surface area (Å²) >= 11 is 1.42. The van der Waals surface area contributed by atoms with E-state index < -0.39 is 0 Å². The Morgan fingerprint density at radius 2 is 1.96 bits per heavy atom. The molecule has 0 aliphatic carbocycles. The molecule has 3 rings (SSSR count).